The first-order valence-electron chi connectivity index (χ1n) is 6.78. The van der Waals surface area contributed by atoms with E-state index in [0.29, 0.717) is 12.1 Å². The van der Waals surface area contributed by atoms with Crippen LogP contribution in [-0.4, -0.2) is 19.6 Å². The fraction of sp³-hybridized carbons (Fsp3) is 0.235. The average molecular weight is 287 g/mol. The van der Waals surface area contributed by atoms with Crippen LogP contribution in [0.25, 0.3) is 0 Å². The number of hydrogen-bond donors (Lipinski definition) is 1. The van der Waals surface area contributed by atoms with Crippen molar-refractivity contribution >= 4 is 5.91 Å². The minimum absolute atomic E-state index is 0.154. The summed E-state index contributed by atoms with van der Waals surface area (Å²) in [5.74, 6) is -0.488. The topological polar surface area (TPSA) is 38.3 Å². The number of methoxy groups -OCH3 is 1. The van der Waals surface area contributed by atoms with Crippen molar-refractivity contribution in [2.24, 2.45) is 0 Å². The first-order chi connectivity index (χ1) is 10.2. The smallest absolute Gasteiger partial charge is 0.224 e. The van der Waals surface area contributed by atoms with E-state index < -0.39 is 0 Å². The zero-order chi connectivity index (χ0) is 15.1. The minimum atomic E-state index is -0.334. The van der Waals surface area contributed by atoms with Crippen LogP contribution < -0.4 is 5.32 Å². The molecule has 1 N–H and O–H groups in total. The van der Waals surface area contributed by atoms with Crippen molar-refractivity contribution in [2.75, 3.05) is 13.7 Å². The number of amides is 1. The van der Waals surface area contributed by atoms with Crippen LogP contribution in [0.4, 0.5) is 4.39 Å². The standard InChI is InChI=1S/C17H18FNO2/c1-21-16(14-7-3-2-4-8-14)12-19-17(20)11-13-6-5-9-15(18)10-13/h2-10,16H,11-12H2,1H3,(H,19,20). The van der Waals surface area contributed by atoms with Gasteiger partial charge in [-0.15, -0.1) is 0 Å². The molecule has 4 heteroatoms. The highest BCUT2D eigenvalue weighted by Crippen LogP contribution is 2.14. The summed E-state index contributed by atoms with van der Waals surface area (Å²) in [5, 5.41) is 2.81. The lowest BCUT2D eigenvalue weighted by Gasteiger charge is -2.16. The van der Waals surface area contributed by atoms with E-state index in [-0.39, 0.29) is 24.2 Å². The summed E-state index contributed by atoms with van der Waals surface area (Å²) in [6.45, 7) is 0.384. The fourth-order valence-corrected chi connectivity index (χ4v) is 2.11. The van der Waals surface area contributed by atoms with Crippen LogP contribution in [0.15, 0.2) is 54.6 Å². The van der Waals surface area contributed by atoms with Crippen molar-refractivity contribution in [3.63, 3.8) is 0 Å². The summed E-state index contributed by atoms with van der Waals surface area (Å²) in [6, 6.07) is 15.7. The molecule has 2 rings (SSSR count). The predicted octanol–water partition coefficient (Wildman–Crippen LogP) is 2.87. The first-order valence-corrected chi connectivity index (χ1v) is 6.78. The Morgan fingerprint density at radius 1 is 1.19 bits per heavy atom. The third-order valence-electron chi connectivity index (χ3n) is 3.19. The third-order valence-corrected chi connectivity index (χ3v) is 3.19. The molecule has 1 atom stereocenters. The Bertz CT molecular complexity index is 586. The van der Waals surface area contributed by atoms with E-state index >= 15 is 0 Å². The van der Waals surface area contributed by atoms with E-state index in [1.165, 1.54) is 12.1 Å². The highest BCUT2D eigenvalue weighted by atomic mass is 19.1. The van der Waals surface area contributed by atoms with Gasteiger partial charge in [-0.25, -0.2) is 4.39 Å². The molecule has 2 aromatic rings. The Hall–Kier alpha value is -2.20. The van der Waals surface area contributed by atoms with Crippen molar-refractivity contribution < 1.29 is 13.9 Å². The molecule has 0 heterocycles. The van der Waals surface area contributed by atoms with Gasteiger partial charge in [0, 0.05) is 13.7 Å². The van der Waals surface area contributed by atoms with Gasteiger partial charge >= 0.3 is 0 Å². The minimum Gasteiger partial charge on any atom is -0.375 e. The zero-order valence-electron chi connectivity index (χ0n) is 11.9. The molecule has 0 aliphatic carbocycles. The molecule has 110 valence electrons. The van der Waals surface area contributed by atoms with E-state index in [1.54, 1.807) is 19.2 Å². The predicted molar refractivity (Wildman–Crippen MR) is 79.3 cm³/mol. The Morgan fingerprint density at radius 2 is 1.95 bits per heavy atom. The first kappa shape index (κ1) is 15.2. The largest absolute Gasteiger partial charge is 0.375 e. The van der Waals surface area contributed by atoms with Gasteiger partial charge in [-0.1, -0.05) is 42.5 Å². The highest BCUT2D eigenvalue weighted by molar-refractivity contribution is 5.78. The summed E-state index contributed by atoms with van der Waals surface area (Å²) in [7, 11) is 1.61. The fourth-order valence-electron chi connectivity index (χ4n) is 2.11. The van der Waals surface area contributed by atoms with Crippen LogP contribution in [-0.2, 0) is 16.0 Å². The van der Waals surface area contributed by atoms with Crippen molar-refractivity contribution in [3.8, 4) is 0 Å². The molecule has 0 fully saturated rings. The van der Waals surface area contributed by atoms with Crippen LogP contribution in [0.3, 0.4) is 0 Å². The lowest BCUT2D eigenvalue weighted by Crippen LogP contribution is -2.30. The maximum atomic E-state index is 13.1. The number of nitrogens with one attached hydrogen (secondary N) is 1. The van der Waals surface area contributed by atoms with E-state index in [9.17, 15) is 9.18 Å². The molecule has 2 aromatic carbocycles. The van der Waals surface area contributed by atoms with Crippen molar-refractivity contribution in [3.05, 3.63) is 71.5 Å². The van der Waals surface area contributed by atoms with Gasteiger partial charge < -0.3 is 10.1 Å². The quantitative estimate of drug-likeness (QED) is 0.887. The van der Waals surface area contributed by atoms with Crippen molar-refractivity contribution in [2.45, 2.75) is 12.5 Å². The Morgan fingerprint density at radius 3 is 2.62 bits per heavy atom. The van der Waals surface area contributed by atoms with E-state index in [2.05, 4.69) is 5.32 Å². The maximum absolute atomic E-state index is 13.1. The zero-order valence-corrected chi connectivity index (χ0v) is 11.9. The Labute approximate surface area is 123 Å². The number of rotatable bonds is 6. The lowest BCUT2D eigenvalue weighted by molar-refractivity contribution is -0.121. The van der Waals surface area contributed by atoms with Gasteiger partial charge in [0.2, 0.25) is 5.91 Å². The van der Waals surface area contributed by atoms with Gasteiger partial charge in [0.15, 0.2) is 0 Å². The molecule has 1 amide bonds. The van der Waals surface area contributed by atoms with Gasteiger partial charge in [0.25, 0.3) is 0 Å². The summed E-state index contributed by atoms with van der Waals surface area (Å²) >= 11 is 0. The maximum Gasteiger partial charge on any atom is 0.224 e. The lowest BCUT2D eigenvalue weighted by atomic mass is 10.1. The molecule has 0 aliphatic heterocycles. The Kier molecular flexibility index (Phi) is 5.46. The Balaban J connectivity index is 1.88. The second-order valence-electron chi connectivity index (χ2n) is 4.75. The number of carbonyl (C=O) groups is 1. The molecule has 0 aromatic heterocycles. The molecule has 1 unspecified atom stereocenters. The average Bonchev–Trinajstić information content (AvgIpc) is 2.49. The van der Waals surface area contributed by atoms with E-state index in [4.69, 9.17) is 4.74 Å². The molecule has 3 nitrogen and oxygen atoms in total. The SMILES string of the molecule is COC(CNC(=O)Cc1cccc(F)c1)c1ccccc1. The van der Waals surface area contributed by atoms with Gasteiger partial charge in [-0.3, -0.25) is 4.79 Å². The molecule has 0 spiro atoms. The molecular weight excluding hydrogens is 269 g/mol. The van der Waals surface area contributed by atoms with Gasteiger partial charge in [0.1, 0.15) is 5.82 Å². The van der Waals surface area contributed by atoms with E-state index in [1.807, 2.05) is 30.3 Å². The second-order valence-corrected chi connectivity index (χ2v) is 4.75. The number of benzene rings is 2. The van der Waals surface area contributed by atoms with Crippen molar-refractivity contribution in [1.82, 2.24) is 5.32 Å². The number of carbonyl (C=O) groups excluding carboxylic acids is 1. The van der Waals surface area contributed by atoms with Crippen LogP contribution >= 0.6 is 0 Å². The molecule has 0 radical (unpaired) electrons. The normalized spacial score (nSPS) is 11.9. The van der Waals surface area contributed by atoms with Crippen LogP contribution in [0.5, 0.6) is 0 Å². The molecular formula is C17H18FNO2. The van der Waals surface area contributed by atoms with Gasteiger partial charge in [0.05, 0.1) is 12.5 Å². The monoisotopic (exact) mass is 287 g/mol. The number of halogens is 1. The highest BCUT2D eigenvalue weighted by Gasteiger charge is 2.12. The molecule has 0 bridgehead atoms. The van der Waals surface area contributed by atoms with Crippen molar-refractivity contribution in [1.29, 1.82) is 0 Å². The summed E-state index contributed by atoms with van der Waals surface area (Å²) in [6.07, 6.45) is -0.0362. The van der Waals surface area contributed by atoms with Crippen LogP contribution in [0.1, 0.15) is 17.2 Å². The number of hydrogen-bond acceptors (Lipinski definition) is 2. The second kappa shape index (κ2) is 7.55. The summed E-state index contributed by atoms with van der Waals surface area (Å²) < 4.78 is 18.4. The molecule has 0 saturated heterocycles. The number of ether oxygens (including phenoxy) is 1. The van der Waals surface area contributed by atoms with E-state index in [0.717, 1.165) is 5.56 Å². The third kappa shape index (κ3) is 4.68. The van der Waals surface area contributed by atoms with Crippen LogP contribution in [0, 0.1) is 5.82 Å². The molecule has 0 saturated carbocycles. The summed E-state index contributed by atoms with van der Waals surface area (Å²) in [4.78, 5) is 11.9. The van der Waals surface area contributed by atoms with Gasteiger partial charge in [-0.2, -0.15) is 0 Å². The summed E-state index contributed by atoms with van der Waals surface area (Å²) in [5.41, 5.74) is 1.66. The van der Waals surface area contributed by atoms with Crippen LogP contribution in [0.2, 0.25) is 0 Å². The molecule has 21 heavy (non-hydrogen) atoms. The molecule has 0 aliphatic rings. The van der Waals surface area contributed by atoms with Gasteiger partial charge in [-0.05, 0) is 23.3 Å².